The van der Waals surface area contributed by atoms with E-state index in [1.165, 1.54) is 4.40 Å². The molecule has 0 aliphatic rings. The van der Waals surface area contributed by atoms with E-state index in [2.05, 4.69) is 27.0 Å². The van der Waals surface area contributed by atoms with E-state index in [9.17, 15) is 10.1 Å². The number of nitriles is 1. The lowest BCUT2D eigenvalue weighted by atomic mass is 10.0. The van der Waals surface area contributed by atoms with Crippen molar-refractivity contribution in [2.75, 3.05) is 0 Å². The Bertz CT molecular complexity index is 954. The molecule has 21 heavy (non-hydrogen) atoms. The van der Waals surface area contributed by atoms with Gasteiger partial charge in [0.25, 0.3) is 5.56 Å². The van der Waals surface area contributed by atoms with Crippen molar-refractivity contribution in [3.63, 3.8) is 0 Å². The first-order valence-electron chi connectivity index (χ1n) is 6.29. The first-order valence-corrected chi connectivity index (χ1v) is 7.08. The lowest BCUT2D eigenvalue weighted by Crippen LogP contribution is -2.16. The molecule has 0 radical (unpaired) electrons. The Balaban J connectivity index is 2.29. The van der Waals surface area contributed by atoms with Crippen molar-refractivity contribution in [1.82, 2.24) is 9.38 Å². The number of fused-ring (bicyclic) bond motifs is 1. The van der Waals surface area contributed by atoms with Crippen LogP contribution >= 0.6 is 15.9 Å². The van der Waals surface area contributed by atoms with Crippen LogP contribution in [0.5, 0.6) is 0 Å². The zero-order chi connectivity index (χ0) is 15.0. The van der Waals surface area contributed by atoms with Gasteiger partial charge < -0.3 is 0 Å². The molecule has 0 saturated heterocycles. The van der Waals surface area contributed by atoms with Gasteiger partial charge in [-0.05, 0) is 46.6 Å². The third-order valence-electron chi connectivity index (χ3n) is 3.32. The number of aryl methyl sites for hydroxylation is 1. The van der Waals surface area contributed by atoms with E-state index in [0.717, 1.165) is 15.6 Å². The van der Waals surface area contributed by atoms with Crippen LogP contribution < -0.4 is 5.56 Å². The summed E-state index contributed by atoms with van der Waals surface area (Å²) in [6.07, 6.45) is 3.25. The third-order valence-corrected chi connectivity index (χ3v) is 3.98. The molecule has 2 aromatic heterocycles. The summed E-state index contributed by atoms with van der Waals surface area (Å²) in [7, 11) is 0. The molecule has 0 bridgehead atoms. The molecule has 0 aliphatic heterocycles. The maximum Gasteiger partial charge on any atom is 0.260 e. The van der Waals surface area contributed by atoms with E-state index in [1.54, 1.807) is 19.3 Å². The Morgan fingerprint density at radius 3 is 2.90 bits per heavy atom. The van der Waals surface area contributed by atoms with Gasteiger partial charge in [0.05, 0.1) is 5.56 Å². The normalized spacial score (nSPS) is 10.5. The lowest BCUT2D eigenvalue weighted by molar-refractivity contribution is 1.02. The predicted octanol–water partition coefficient (Wildman–Crippen LogP) is 3.30. The number of hydrogen-bond donors (Lipinski definition) is 0. The third kappa shape index (κ3) is 2.24. The van der Waals surface area contributed by atoms with Gasteiger partial charge in [-0.2, -0.15) is 5.26 Å². The van der Waals surface area contributed by atoms with Crippen molar-refractivity contribution in [3.8, 4) is 17.2 Å². The quantitative estimate of drug-likeness (QED) is 0.683. The summed E-state index contributed by atoms with van der Waals surface area (Å²) >= 11 is 3.38. The van der Waals surface area contributed by atoms with Crippen molar-refractivity contribution in [2.24, 2.45) is 0 Å². The summed E-state index contributed by atoms with van der Waals surface area (Å²) in [5.74, 6) is 0. The number of rotatable bonds is 1. The molecule has 102 valence electrons. The van der Waals surface area contributed by atoms with Crippen LogP contribution in [0.1, 0.15) is 11.1 Å². The Hall–Kier alpha value is -2.45. The fraction of sp³-hybridized carbons (Fsp3) is 0.0625. The van der Waals surface area contributed by atoms with E-state index in [-0.39, 0.29) is 5.56 Å². The molecular formula is C16H10BrN3O. The second kappa shape index (κ2) is 5.15. The molecule has 0 spiro atoms. The summed E-state index contributed by atoms with van der Waals surface area (Å²) in [5.41, 5.74) is 3.30. The molecule has 5 heteroatoms. The molecule has 3 rings (SSSR count). The summed E-state index contributed by atoms with van der Waals surface area (Å²) in [5, 5.41) is 9.30. The average molecular weight is 340 g/mol. The van der Waals surface area contributed by atoms with Crippen molar-refractivity contribution >= 4 is 21.6 Å². The van der Waals surface area contributed by atoms with Gasteiger partial charge in [-0.15, -0.1) is 0 Å². The topological polar surface area (TPSA) is 58.2 Å². The molecule has 4 nitrogen and oxygen atoms in total. The maximum absolute atomic E-state index is 12.0. The molecule has 3 aromatic rings. The highest BCUT2D eigenvalue weighted by Crippen LogP contribution is 2.28. The second-order valence-electron chi connectivity index (χ2n) is 4.66. The summed E-state index contributed by atoms with van der Waals surface area (Å²) in [6, 6.07) is 11.4. The number of hydrogen-bond acceptors (Lipinski definition) is 3. The Morgan fingerprint density at radius 2 is 2.14 bits per heavy atom. The Labute approximate surface area is 129 Å². The van der Waals surface area contributed by atoms with E-state index in [0.29, 0.717) is 16.8 Å². The highest BCUT2D eigenvalue weighted by Gasteiger charge is 2.09. The van der Waals surface area contributed by atoms with Crippen LogP contribution in [0.3, 0.4) is 0 Å². The number of halogens is 1. The molecule has 0 saturated carbocycles. The smallest absolute Gasteiger partial charge is 0.260 e. The van der Waals surface area contributed by atoms with Crippen LogP contribution in [0.2, 0.25) is 0 Å². The van der Waals surface area contributed by atoms with Crippen molar-refractivity contribution in [3.05, 3.63) is 68.7 Å². The molecule has 0 amide bonds. The van der Waals surface area contributed by atoms with Crippen LogP contribution in [0.25, 0.3) is 16.8 Å². The SMILES string of the molecule is Cc1cnc2cc(-c3cccc(Br)c3C#N)ccn2c1=O. The molecule has 0 fully saturated rings. The zero-order valence-electron chi connectivity index (χ0n) is 11.2. The van der Waals surface area contributed by atoms with Gasteiger partial charge in [0.15, 0.2) is 0 Å². The number of nitrogens with zero attached hydrogens (tertiary/aromatic N) is 3. The predicted molar refractivity (Wildman–Crippen MR) is 84.1 cm³/mol. The molecule has 0 atom stereocenters. The lowest BCUT2D eigenvalue weighted by Gasteiger charge is -2.08. The average Bonchev–Trinajstić information content (AvgIpc) is 2.50. The molecular weight excluding hydrogens is 330 g/mol. The molecule has 0 unspecified atom stereocenters. The van der Waals surface area contributed by atoms with Crippen LogP contribution in [0, 0.1) is 18.3 Å². The molecule has 2 heterocycles. The van der Waals surface area contributed by atoms with Crippen molar-refractivity contribution < 1.29 is 0 Å². The zero-order valence-corrected chi connectivity index (χ0v) is 12.8. The summed E-state index contributed by atoms with van der Waals surface area (Å²) < 4.78 is 2.25. The summed E-state index contributed by atoms with van der Waals surface area (Å²) in [4.78, 5) is 16.3. The van der Waals surface area contributed by atoms with Crippen LogP contribution in [0.4, 0.5) is 0 Å². The van der Waals surface area contributed by atoms with E-state index < -0.39 is 0 Å². The highest BCUT2D eigenvalue weighted by molar-refractivity contribution is 9.10. The Kier molecular flexibility index (Phi) is 3.32. The highest BCUT2D eigenvalue weighted by atomic mass is 79.9. The minimum Gasteiger partial charge on any atom is -0.269 e. The van der Waals surface area contributed by atoms with Crippen LogP contribution in [0.15, 0.2) is 52.0 Å². The minimum absolute atomic E-state index is 0.0821. The first kappa shape index (κ1) is 13.5. The monoisotopic (exact) mass is 339 g/mol. The minimum atomic E-state index is -0.0821. The second-order valence-corrected chi connectivity index (χ2v) is 5.52. The van der Waals surface area contributed by atoms with Gasteiger partial charge in [-0.1, -0.05) is 12.1 Å². The fourth-order valence-corrected chi connectivity index (χ4v) is 2.67. The van der Waals surface area contributed by atoms with Crippen molar-refractivity contribution in [1.29, 1.82) is 5.26 Å². The molecule has 0 aliphatic carbocycles. The van der Waals surface area contributed by atoms with Gasteiger partial charge in [-0.25, -0.2) is 4.98 Å². The van der Waals surface area contributed by atoms with Gasteiger partial charge in [0.1, 0.15) is 11.7 Å². The first-order chi connectivity index (χ1) is 10.1. The fourth-order valence-electron chi connectivity index (χ4n) is 2.21. The molecule has 0 N–H and O–H groups in total. The molecule has 1 aromatic carbocycles. The van der Waals surface area contributed by atoms with Crippen molar-refractivity contribution in [2.45, 2.75) is 6.92 Å². The Morgan fingerprint density at radius 1 is 1.33 bits per heavy atom. The van der Waals surface area contributed by atoms with Gasteiger partial charge in [0.2, 0.25) is 0 Å². The van der Waals surface area contributed by atoms with Crippen LogP contribution in [-0.2, 0) is 0 Å². The van der Waals surface area contributed by atoms with Gasteiger partial charge >= 0.3 is 0 Å². The number of aromatic nitrogens is 2. The van der Waals surface area contributed by atoms with E-state index >= 15 is 0 Å². The standard InChI is InChI=1S/C16H10BrN3O/c1-10-9-19-15-7-11(5-6-20(15)16(10)21)12-3-2-4-14(17)13(12)8-18/h2-7,9H,1H3. The van der Waals surface area contributed by atoms with E-state index in [4.69, 9.17) is 0 Å². The van der Waals surface area contributed by atoms with Gasteiger partial charge in [0, 0.05) is 28.0 Å². The number of benzene rings is 1. The number of pyridine rings is 1. The maximum atomic E-state index is 12.0. The van der Waals surface area contributed by atoms with Crippen LogP contribution in [-0.4, -0.2) is 9.38 Å². The summed E-state index contributed by atoms with van der Waals surface area (Å²) in [6.45, 7) is 1.73. The van der Waals surface area contributed by atoms with E-state index in [1.807, 2.05) is 30.3 Å². The largest absolute Gasteiger partial charge is 0.269 e. The van der Waals surface area contributed by atoms with Gasteiger partial charge in [-0.3, -0.25) is 9.20 Å².